The van der Waals surface area contributed by atoms with Crippen LogP contribution < -0.4 is 20.1 Å². The van der Waals surface area contributed by atoms with E-state index in [1.54, 1.807) is 21.3 Å². The Morgan fingerprint density at radius 2 is 1.62 bits per heavy atom. The summed E-state index contributed by atoms with van der Waals surface area (Å²) in [6.07, 6.45) is 0.532. The minimum atomic E-state index is 0.266. The predicted octanol–water partition coefficient (Wildman–Crippen LogP) is 3.18. The molecule has 1 aliphatic rings. The van der Waals surface area contributed by atoms with Crippen molar-refractivity contribution in [3.05, 3.63) is 59.2 Å². The van der Waals surface area contributed by atoms with Crippen LogP contribution in [-0.2, 0) is 24.4 Å². The normalized spacial score (nSPS) is 19.5. The lowest BCUT2D eigenvalue weighted by Crippen LogP contribution is -2.45. The van der Waals surface area contributed by atoms with E-state index in [2.05, 4.69) is 58.6 Å². The van der Waals surface area contributed by atoms with Crippen LogP contribution in [0, 0.1) is 0 Å². The summed E-state index contributed by atoms with van der Waals surface area (Å²) in [5.41, 5.74) is 3.63. The molecule has 2 aromatic rings. The molecule has 1 fully saturated rings. The molecular weight excluding hydrogens is 404 g/mol. The van der Waals surface area contributed by atoms with Gasteiger partial charge in [-0.2, -0.15) is 0 Å². The molecule has 7 nitrogen and oxygen atoms in total. The standard InChI is InChI=1S/C25H36N4O3/c1-18-15-29(16-19(2)32-18)17-22-9-7-6-8-20(22)13-27-25(26-3)28-14-21-10-11-23(30-4)12-24(21)31-5/h6-12,18-19H,13-17H2,1-5H3,(H2,26,27,28). The van der Waals surface area contributed by atoms with Crippen molar-refractivity contribution in [2.24, 2.45) is 4.99 Å². The van der Waals surface area contributed by atoms with Gasteiger partial charge in [-0.25, -0.2) is 0 Å². The number of hydrogen-bond donors (Lipinski definition) is 2. The van der Waals surface area contributed by atoms with Gasteiger partial charge in [0.25, 0.3) is 0 Å². The fourth-order valence-electron chi connectivity index (χ4n) is 4.12. The number of benzene rings is 2. The maximum absolute atomic E-state index is 5.88. The summed E-state index contributed by atoms with van der Waals surface area (Å²) >= 11 is 0. The zero-order chi connectivity index (χ0) is 22.9. The first-order valence-electron chi connectivity index (χ1n) is 11.1. The second kappa shape index (κ2) is 11.7. The van der Waals surface area contributed by atoms with E-state index in [0.29, 0.717) is 13.1 Å². The van der Waals surface area contributed by atoms with Crippen LogP contribution in [0.15, 0.2) is 47.5 Å². The average molecular weight is 441 g/mol. The van der Waals surface area contributed by atoms with Gasteiger partial charge in [-0.1, -0.05) is 24.3 Å². The first kappa shape index (κ1) is 23.9. The Hall–Kier alpha value is -2.77. The highest BCUT2D eigenvalue weighted by Gasteiger charge is 2.22. The van der Waals surface area contributed by atoms with E-state index in [-0.39, 0.29) is 12.2 Å². The highest BCUT2D eigenvalue weighted by atomic mass is 16.5. The minimum Gasteiger partial charge on any atom is -0.497 e. The largest absolute Gasteiger partial charge is 0.497 e. The third-order valence-corrected chi connectivity index (χ3v) is 5.62. The molecule has 0 bridgehead atoms. The number of nitrogens with one attached hydrogen (secondary N) is 2. The molecule has 0 amide bonds. The summed E-state index contributed by atoms with van der Waals surface area (Å²) in [6, 6.07) is 14.4. The molecule has 0 spiro atoms. The summed E-state index contributed by atoms with van der Waals surface area (Å²) in [5.74, 6) is 2.30. The lowest BCUT2D eigenvalue weighted by Gasteiger charge is -2.35. The second-order valence-electron chi connectivity index (χ2n) is 8.18. The van der Waals surface area contributed by atoms with Crippen LogP contribution in [0.5, 0.6) is 11.5 Å². The molecule has 2 aromatic carbocycles. The zero-order valence-corrected chi connectivity index (χ0v) is 19.9. The van der Waals surface area contributed by atoms with Crippen LogP contribution in [0.25, 0.3) is 0 Å². The van der Waals surface area contributed by atoms with Crippen LogP contribution in [0.2, 0.25) is 0 Å². The Balaban J connectivity index is 1.58. The molecule has 0 saturated carbocycles. The van der Waals surface area contributed by atoms with Gasteiger partial charge in [0, 0.05) is 51.4 Å². The average Bonchev–Trinajstić information content (AvgIpc) is 2.79. The minimum absolute atomic E-state index is 0.266. The summed E-state index contributed by atoms with van der Waals surface area (Å²) in [7, 11) is 5.09. The fraction of sp³-hybridized carbons (Fsp3) is 0.480. The third-order valence-electron chi connectivity index (χ3n) is 5.62. The van der Waals surface area contributed by atoms with E-state index in [9.17, 15) is 0 Å². The summed E-state index contributed by atoms with van der Waals surface area (Å²) in [4.78, 5) is 6.85. The van der Waals surface area contributed by atoms with E-state index in [4.69, 9.17) is 14.2 Å². The van der Waals surface area contributed by atoms with Crippen LogP contribution in [-0.4, -0.2) is 57.4 Å². The van der Waals surface area contributed by atoms with Gasteiger partial charge in [0.05, 0.1) is 26.4 Å². The van der Waals surface area contributed by atoms with Crippen molar-refractivity contribution in [2.45, 2.75) is 45.7 Å². The molecule has 0 aromatic heterocycles. The van der Waals surface area contributed by atoms with Gasteiger partial charge in [-0.15, -0.1) is 0 Å². The van der Waals surface area contributed by atoms with Crippen molar-refractivity contribution in [2.75, 3.05) is 34.4 Å². The Labute approximate surface area is 191 Å². The van der Waals surface area contributed by atoms with Crippen molar-refractivity contribution in [3.63, 3.8) is 0 Å². The highest BCUT2D eigenvalue weighted by molar-refractivity contribution is 5.79. The van der Waals surface area contributed by atoms with E-state index < -0.39 is 0 Å². The quantitative estimate of drug-likeness (QED) is 0.486. The molecule has 174 valence electrons. The van der Waals surface area contributed by atoms with Gasteiger partial charge in [0.2, 0.25) is 0 Å². The number of guanidine groups is 1. The Morgan fingerprint density at radius 1 is 0.969 bits per heavy atom. The Kier molecular flexibility index (Phi) is 8.76. The molecule has 0 aliphatic carbocycles. The Morgan fingerprint density at radius 3 is 2.25 bits per heavy atom. The Bertz CT molecular complexity index is 893. The lowest BCUT2D eigenvalue weighted by molar-refractivity contribution is -0.0705. The van der Waals surface area contributed by atoms with Crippen LogP contribution in [0.3, 0.4) is 0 Å². The van der Waals surface area contributed by atoms with Crippen molar-refractivity contribution in [1.29, 1.82) is 0 Å². The molecule has 1 heterocycles. The molecule has 1 aliphatic heterocycles. The molecule has 7 heteroatoms. The molecule has 3 rings (SSSR count). The predicted molar refractivity (Wildman–Crippen MR) is 128 cm³/mol. The van der Waals surface area contributed by atoms with Gasteiger partial charge in [-0.3, -0.25) is 9.89 Å². The molecule has 0 radical (unpaired) electrons. The first-order chi connectivity index (χ1) is 15.5. The maximum Gasteiger partial charge on any atom is 0.191 e. The van der Waals surface area contributed by atoms with Crippen molar-refractivity contribution >= 4 is 5.96 Å². The van der Waals surface area contributed by atoms with Crippen molar-refractivity contribution in [1.82, 2.24) is 15.5 Å². The third kappa shape index (κ3) is 6.61. The number of ether oxygens (including phenoxy) is 3. The molecule has 32 heavy (non-hydrogen) atoms. The topological polar surface area (TPSA) is 67.4 Å². The van der Waals surface area contributed by atoms with E-state index in [1.807, 2.05) is 18.2 Å². The number of hydrogen-bond acceptors (Lipinski definition) is 5. The monoisotopic (exact) mass is 440 g/mol. The summed E-state index contributed by atoms with van der Waals surface area (Å²) < 4.78 is 16.6. The number of morpholine rings is 1. The number of nitrogens with zero attached hydrogens (tertiary/aromatic N) is 2. The van der Waals surface area contributed by atoms with Gasteiger partial charge in [-0.05, 0) is 37.1 Å². The van der Waals surface area contributed by atoms with E-state index >= 15 is 0 Å². The first-order valence-corrected chi connectivity index (χ1v) is 11.1. The van der Waals surface area contributed by atoms with Gasteiger partial charge in [0.1, 0.15) is 11.5 Å². The summed E-state index contributed by atoms with van der Waals surface area (Å²) in [5, 5.41) is 6.81. The molecule has 2 unspecified atom stereocenters. The number of methoxy groups -OCH3 is 2. The highest BCUT2D eigenvalue weighted by Crippen LogP contribution is 2.24. The number of aliphatic imine (C=N–C) groups is 1. The molecule has 2 N–H and O–H groups in total. The van der Waals surface area contributed by atoms with Gasteiger partial charge >= 0.3 is 0 Å². The maximum atomic E-state index is 5.88. The molecule has 1 saturated heterocycles. The SMILES string of the molecule is CN=C(NCc1ccccc1CN1CC(C)OC(C)C1)NCc1ccc(OC)cc1OC. The van der Waals surface area contributed by atoms with Crippen molar-refractivity contribution < 1.29 is 14.2 Å². The lowest BCUT2D eigenvalue weighted by atomic mass is 10.1. The van der Waals surface area contributed by atoms with Crippen LogP contribution in [0.4, 0.5) is 0 Å². The van der Waals surface area contributed by atoms with E-state index in [0.717, 1.165) is 42.7 Å². The van der Waals surface area contributed by atoms with Crippen molar-refractivity contribution in [3.8, 4) is 11.5 Å². The van der Waals surface area contributed by atoms with Gasteiger partial charge in [0.15, 0.2) is 5.96 Å². The molecule has 2 atom stereocenters. The van der Waals surface area contributed by atoms with Gasteiger partial charge < -0.3 is 24.8 Å². The van der Waals surface area contributed by atoms with E-state index in [1.165, 1.54) is 11.1 Å². The molecular formula is C25H36N4O3. The zero-order valence-electron chi connectivity index (χ0n) is 19.9. The fourth-order valence-corrected chi connectivity index (χ4v) is 4.12. The second-order valence-corrected chi connectivity index (χ2v) is 8.18. The smallest absolute Gasteiger partial charge is 0.191 e. The summed E-state index contributed by atoms with van der Waals surface area (Å²) in [6.45, 7) is 8.42. The van der Waals surface area contributed by atoms with Crippen LogP contribution >= 0.6 is 0 Å². The number of rotatable bonds is 8. The van der Waals surface area contributed by atoms with Crippen LogP contribution in [0.1, 0.15) is 30.5 Å².